The summed E-state index contributed by atoms with van der Waals surface area (Å²) in [5.41, 5.74) is 0. The van der Waals surface area contributed by atoms with Crippen LogP contribution in [0.3, 0.4) is 0 Å². The van der Waals surface area contributed by atoms with Gasteiger partial charge in [0.2, 0.25) is 0 Å². The van der Waals surface area contributed by atoms with E-state index < -0.39 is 11.9 Å². The minimum atomic E-state index is -1.26. The van der Waals surface area contributed by atoms with Crippen LogP contribution in [-0.2, 0) is 9.59 Å². The fourth-order valence-corrected chi connectivity index (χ4v) is 2.03. The summed E-state index contributed by atoms with van der Waals surface area (Å²) in [5, 5.41) is 20.9. The van der Waals surface area contributed by atoms with E-state index in [0.29, 0.717) is 12.2 Å². The fourth-order valence-electron chi connectivity index (χ4n) is 2.03. The number of fused-ring (bicyclic) bond motifs is 2. The van der Waals surface area contributed by atoms with E-state index in [1.54, 1.807) is 0 Å². The van der Waals surface area contributed by atoms with Crippen LogP contribution < -0.4 is 0 Å². The Balaban J connectivity index is 0.000000192. The topological polar surface area (TPSA) is 74.6 Å². The number of rotatable bonds is 2. The van der Waals surface area contributed by atoms with E-state index in [4.69, 9.17) is 10.2 Å². The normalized spacial score (nSPS) is 10.4. The first-order valence-corrected chi connectivity index (χ1v) is 6.58. The highest BCUT2D eigenvalue weighted by Crippen LogP contribution is 2.21. The predicted molar refractivity (Wildman–Crippen MR) is 85.9 cm³/mol. The number of carboxylic acids is 2. The zero-order valence-electron chi connectivity index (χ0n) is 11.6. The summed E-state index contributed by atoms with van der Waals surface area (Å²) in [6, 6.07) is 21.4. The number of benzene rings is 3. The summed E-state index contributed by atoms with van der Waals surface area (Å²) in [4.78, 5) is 19.1. The third kappa shape index (κ3) is 4.18. The van der Waals surface area contributed by atoms with Crippen molar-refractivity contribution in [3.63, 3.8) is 0 Å². The molecule has 110 valence electrons. The van der Waals surface area contributed by atoms with Gasteiger partial charge in [0.05, 0.1) is 0 Å². The lowest BCUT2D eigenvalue weighted by molar-refractivity contribution is -0.134. The molecule has 3 aromatic rings. The van der Waals surface area contributed by atoms with E-state index in [1.807, 2.05) is 0 Å². The average Bonchev–Trinajstić information content (AvgIpc) is 2.51. The van der Waals surface area contributed by atoms with Crippen LogP contribution in [-0.4, -0.2) is 22.2 Å². The lowest BCUT2D eigenvalue weighted by Crippen LogP contribution is -1.91. The number of hydrogen-bond donors (Lipinski definition) is 2. The van der Waals surface area contributed by atoms with E-state index in [0.717, 1.165) is 0 Å². The van der Waals surface area contributed by atoms with E-state index in [2.05, 4.69) is 60.7 Å². The Morgan fingerprint density at radius 1 is 0.636 bits per heavy atom. The van der Waals surface area contributed by atoms with Gasteiger partial charge < -0.3 is 10.2 Å². The van der Waals surface area contributed by atoms with Gasteiger partial charge in [-0.15, -0.1) is 0 Å². The summed E-state index contributed by atoms with van der Waals surface area (Å²) < 4.78 is 0. The van der Waals surface area contributed by atoms with Crippen molar-refractivity contribution in [2.45, 2.75) is 0 Å². The smallest absolute Gasteiger partial charge is 0.328 e. The van der Waals surface area contributed by atoms with Crippen LogP contribution in [0, 0.1) is 0 Å². The lowest BCUT2D eigenvalue weighted by atomic mass is 10.0. The molecule has 0 amide bonds. The Morgan fingerprint density at radius 2 is 0.909 bits per heavy atom. The molecule has 0 atom stereocenters. The van der Waals surface area contributed by atoms with Crippen molar-refractivity contribution >= 4 is 33.5 Å². The Morgan fingerprint density at radius 3 is 1.14 bits per heavy atom. The van der Waals surface area contributed by atoms with Crippen LogP contribution in [0.25, 0.3) is 21.5 Å². The molecule has 22 heavy (non-hydrogen) atoms. The second-order valence-electron chi connectivity index (χ2n) is 4.56. The first-order valence-electron chi connectivity index (χ1n) is 6.58. The van der Waals surface area contributed by atoms with E-state index >= 15 is 0 Å². The van der Waals surface area contributed by atoms with Gasteiger partial charge in [0.1, 0.15) is 0 Å². The van der Waals surface area contributed by atoms with Crippen molar-refractivity contribution in [2.75, 3.05) is 0 Å². The largest absolute Gasteiger partial charge is 0.478 e. The van der Waals surface area contributed by atoms with E-state index in [-0.39, 0.29) is 0 Å². The summed E-state index contributed by atoms with van der Waals surface area (Å²) in [7, 11) is 0. The van der Waals surface area contributed by atoms with Crippen LogP contribution in [0.2, 0.25) is 0 Å². The molecule has 0 unspecified atom stereocenters. The summed E-state index contributed by atoms with van der Waals surface area (Å²) in [6.45, 7) is 0. The van der Waals surface area contributed by atoms with Crippen molar-refractivity contribution in [3.05, 3.63) is 72.8 Å². The Bertz CT molecular complexity index is 729. The number of aliphatic carboxylic acids is 2. The maximum atomic E-state index is 9.55. The molecule has 3 aromatic carbocycles. The highest BCUT2D eigenvalue weighted by Gasteiger charge is 1.95. The maximum absolute atomic E-state index is 9.55. The maximum Gasteiger partial charge on any atom is 0.328 e. The Labute approximate surface area is 126 Å². The van der Waals surface area contributed by atoms with Crippen LogP contribution >= 0.6 is 0 Å². The van der Waals surface area contributed by atoms with Gasteiger partial charge in [0.15, 0.2) is 0 Å². The molecule has 0 aliphatic heterocycles. The first kappa shape index (κ1) is 15.3. The van der Waals surface area contributed by atoms with Gasteiger partial charge in [-0.1, -0.05) is 48.5 Å². The van der Waals surface area contributed by atoms with Crippen molar-refractivity contribution in [1.82, 2.24) is 0 Å². The number of hydrogen-bond acceptors (Lipinski definition) is 2. The quantitative estimate of drug-likeness (QED) is 0.558. The van der Waals surface area contributed by atoms with Gasteiger partial charge in [-0.25, -0.2) is 9.59 Å². The SMILES string of the molecule is O=C(O)/C=C\C(=O)O.c1ccc2cc3ccccc3cc2c1. The van der Waals surface area contributed by atoms with Gasteiger partial charge in [0, 0.05) is 12.2 Å². The number of carbonyl (C=O) groups is 2. The molecule has 0 spiro atoms. The molecule has 0 aliphatic carbocycles. The van der Waals surface area contributed by atoms with E-state index in [1.165, 1.54) is 21.5 Å². The minimum absolute atomic E-state index is 0.558. The molecule has 3 rings (SSSR count). The van der Waals surface area contributed by atoms with Crippen LogP contribution in [0.1, 0.15) is 0 Å². The summed E-state index contributed by atoms with van der Waals surface area (Å²) >= 11 is 0. The molecule has 0 radical (unpaired) electrons. The second kappa shape index (κ2) is 7.04. The molecule has 0 aromatic heterocycles. The van der Waals surface area contributed by atoms with Gasteiger partial charge in [-0.05, 0) is 33.7 Å². The summed E-state index contributed by atoms with van der Waals surface area (Å²) in [5.74, 6) is -2.51. The zero-order chi connectivity index (χ0) is 15.9. The van der Waals surface area contributed by atoms with Crippen molar-refractivity contribution in [1.29, 1.82) is 0 Å². The van der Waals surface area contributed by atoms with Gasteiger partial charge in [0.25, 0.3) is 0 Å². The molecule has 2 N–H and O–H groups in total. The Kier molecular flexibility index (Phi) is 4.88. The molecule has 0 saturated heterocycles. The highest BCUT2D eigenvalue weighted by molar-refractivity contribution is 5.98. The molecular weight excluding hydrogens is 280 g/mol. The lowest BCUT2D eigenvalue weighted by Gasteiger charge is -2.00. The molecule has 0 saturated carbocycles. The van der Waals surface area contributed by atoms with Gasteiger partial charge in [-0.2, -0.15) is 0 Å². The highest BCUT2D eigenvalue weighted by atomic mass is 16.4. The molecule has 0 heterocycles. The van der Waals surface area contributed by atoms with Gasteiger partial charge >= 0.3 is 11.9 Å². The van der Waals surface area contributed by atoms with Crippen LogP contribution in [0.4, 0.5) is 0 Å². The molecule has 0 bridgehead atoms. The third-order valence-electron chi connectivity index (χ3n) is 2.98. The fraction of sp³-hybridized carbons (Fsp3) is 0. The second-order valence-corrected chi connectivity index (χ2v) is 4.56. The third-order valence-corrected chi connectivity index (χ3v) is 2.98. The van der Waals surface area contributed by atoms with Crippen molar-refractivity contribution < 1.29 is 19.8 Å². The zero-order valence-corrected chi connectivity index (χ0v) is 11.6. The molecular formula is C18H14O4. The molecule has 4 heteroatoms. The average molecular weight is 294 g/mol. The monoisotopic (exact) mass is 294 g/mol. The van der Waals surface area contributed by atoms with Crippen LogP contribution in [0.15, 0.2) is 72.8 Å². The first-order chi connectivity index (χ1) is 10.6. The minimum Gasteiger partial charge on any atom is -0.478 e. The standard InChI is InChI=1S/C14H10.C4H4O4/c1-2-6-12-10-14-8-4-3-7-13(14)9-11(12)5-1;5-3(6)1-2-4(7)8/h1-10H;1-2H,(H,5,6)(H,7,8)/b;2-1-. The van der Waals surface area contributed by atoms with Gasteiger partial charge in [-0.3, -0.25) is 0 Å². The van der Waals surface area contributed by atoms with Crippen LogP contribution in [0.5, 0.6) is 0 Å². The Hall–Kier alpha value is -3.14. The number of carboxylic acid groups (broad SMARTS) is 2. The molecule has 0 fully saturated rings. The van der Waals surface area contributed by atoms with Crippen molar-refractivity contribution in [2.24, 2.45) is 0 Å². The summed E-state index contributed by atoms with van der Waals surface area (Å²) in [6.07, 6.45) is 1.12. The predicted octanol–water partition coefficient (Wildman–Crippen LogP) is 3.70. The van der Waals surface area contributed by atoms with Crippen molar-refractivity contribution in [3.8, 4) is 0 Å². The molecule has 4 nitrogen and oxygen atoms in total. The molecule has 0 aliphatic rings. The van der Waals surface area contributed by atoms with E-state index in [9.17, 15) is 9.59 Å².